The fourth-order valence-electron chi connectivity index (χ4n) is 1.85. The Morgan fingerprint density at radius 3 is 2.50 bits per heavy atom. The highest BCUT2D eigenvalue weighted by atomic mass is 35.5. The van der Waals surface area contributed by atoms with Gasteiger partial charge in [-0.25, -0.2) is 4.98 Å². The highest BCUT2D eigenvalue weighted by Gasteiger charge is 2.30. The molecule has 0 saturated heterocycles. The average Bonchev–Trinajstić information content (AvgIpc) is 2.06. The lowest BCUT2D eigenvalue weighted by atomic mass is 9.74. The molecular formula is C9H11Cl2N3. The first kappa shape index (κ1) is 9.99. The first-order valence-electron chi connectivity index (χ1n) is 4.56. The van der Waals surface area contributed by atoms with Gasteiger partial charge in [-0.2, -0.15) is 4.98 Å². The van der Waals surface area contributed by atoms with E-state index in [1.165, 1.54) is 0 Å². The van der Waals surface area contributed by atoms with Gasteiger partial charge in [0.2, 0.25) is 5.28 Å². The maximum Gasteiger partial charge on any atom is 0.224 e. The Bertz CT molecular complexity index is 361. The van der Waals surface area contributed by atoms with Gasteiger partial charge < -0.3 is 5.73 Å². The van der Waals surface area contributed by atoms with Crippen LogP contribution >= 0.6 is 23.2 Å². The van der Waals surface area contributed by atoms with Gasteiger partial charge in [0, 0.05) is 5.92 Å². The molecule has 3 nitrogen and oxygen atoms in total. The lowest BCUT2D eigenvalue weighted by molar-refractivity contribution is 0.283. The lowest BCUT2D eigenvalue weighted by Gasteiger charge is -2.32. The largest absolute Gasteiger partial charge is 0.382 e. The highest BCUT2D eigenvalue weighted by molar-refractivity contribution is 6.34. The van der Waals surface area contributed by atoms with Gasteiger partial charge in [0.1, 0.15) is 10.8 Å². The molecular weight excluding hydrogens is 221 g/mol. The van der Waals surface area contributed by atoms with Crippen LogP contribution in [-0.2, 0) is 0 Å². The fourth-order valence-corrected chi connectivity index (χ4v) is 2.27. The third-order valence-corrected chi connectivity index (χ3v) is 3.19. The second kappa shape index (κ2) is 3.55. The number of nitrogen functional groups attached to an aromatic ring is 1. The lowest BCUT2D eigenvalue weighted by Crippen LogP contribution is -2.21. The van der Waals surface area contributed by atoms with E-state index in [-0.39, 0.29) is 11.1 Å². The van der Waals surface area contributed by atoms with Crippen LogP contribution in [-0.4, -0.2) is 9.97 Å². The van der Waals surface area contributed by atoms with Crippen molar-refractivity contribution in [2.75, 3.05) is 5.73 Å². The van der Waals surface area contributed by atoms with Crippen LogP contribution in [0.1, 0.15) is 31.4 Å². The Morgan fingerprint density at radius 1 is 1.29 bits per heavy atom. The predicted octanol–water partition coefficient (Wildman–Crippen LogP) is 2.88. The molecule has 2 rings (SSSR count). The zero-order chi connectivity index (χ0) is 10.3. The molecule has 5 heteroatoms. The summed E-state index contributed by atoms with van der Waals surface area (Å²) in [5, 5.41) is 0.646. The zero-order valence-corrected chi connectivity index (χ0v) is 9.31. The SMILES string of the molecule is CC1CC(c2nc(Cl)nc(N)c2Cl)C1. The van der Waals surface area contributed by atoms with Crippen LogP contribution in [0.25, 0.3) is 0 Å². The van der Waals surface area contributed by atoms with E-state index in [4.69, 9.17) is 28.9 Å². The van der Waals surface area contributed by atoms with Crippen molar-refractivity contribution >= 4 is 29.0 Å². The molecule has 0 aromatic carbocycles. The van der Waals surface area contributed by atoms with Crippen LogP contribution in [0.3, 0.4) is 0 Å². The van der Waals surface area contributed by atoms with Gasteiger partial charge in [-0.15, -0.1) is 0 Å². The summed E-state index contributed by atoms with van der Waals surface area (Å²) in [6, 6.07) is 0. The Kier molecular flexibility index (Phi) is 2.54. The second-order valence-electron chi connectivity index (χ2n) is 3.85. The Morgan fingerprint density at radius 2 is 1.93 bits per heavy atom. The van der Waals surface area contributed by atoms with Crippen molar-refractivity contribution in [1.29, 1.82) is 0 Å². The Hall–Kier alpha value is -0.540. The third-order valence-electron chi connectivity index (χ3n) is 2.64. The number of hydrogen-bond donors (Lipinski definition) is 1. The van der Waals surface area contributed by atoms with E-state index in [0.717, 1.165) is 24.5 Å². The van der Waals surface area contributed by atoms with Crippen LogP contribution in [0.2, 0.25) is 10.3 Å². The van der Waals surface area contributed by atoms with Gasteiger partial charge >= 0.3 is 0 Å². The minimum Gasteiger partial charge on any atom is -0.382 e. The number of rotatable bonds is 1. The molecule has 1 aromatic heterocycles. The molecule has 1 aliphatic carbocycles. The summed E-state index contributed by atoms with van der Waals surface area (Å²) in [5.74, 6) is 1.42. The van der Waals surface area contributed by atoms with Gasteiger partial charge in [0.15, 0.2) is 0 Å². The van der Waals surface area contributed by atoms with E-state index in [2.05, 4.69) is 16.9 Å². The third kappa shape index (κ3) is 1.66. The molecule has 0 aliphatic heterocycles. The van der Waals surface area contributed by atoms with E-state index in [9.17, 15) is 0 Å². The second-order valence-corrected chi connectivity index (χ2v) is 4.57. The molecule has 1 heterocycles. The van der Waals surface area contributed by atoms with E-state index >= 15 is 0 Å². The van der Waals surface area contributed by atoms with Crippen LogP contribution in [0.5, 0.6) is 0 Å². The van der Waals surface area contributed by atoms with Crippen molar-refractivity contribution < 1.29 is 0 Å². The van der Waals surface area contributed by atoms with Crippen LogP contribution in [0.4, 0.5) is 5.82 Å². The number of anilines is 1. The van der Waals surface area contributed by atoms with Crippen molar-refractivity contribution in [3.05, 3.63) is 16.0 Å². The fraction of sp³-hybridized carbons (Fsp3) is 0.556. The van der Waals surface area contributed by atoms with Crippen molar-refractivity contribution in [1.82, 2.24) is 9.97 Å². The predicted molar refractivity (Wildman–Crippen MR) is 57.6 cm³/mol. The minimum atomic E-state index is 0.182. The first-order chi connectivity index (χ1) is 6.58. The maximum absolute atomic E-state index is 6.01. The molecule has 0 spiro atoms. The topological polar surface area (TPSA) is 51.8 Å². The van der Waals surface area contributed by atoms with Crippen LogP contribution < -0.4 is 5.73 Å². The van der Waals surface area contributed by atoms with E-state index in [1.807, 2.05) is 0 Å². The number of halogens is 2. The normalized spacial score (nSPS) is 25.9. The summed E-state index contributed by atoms with van der Waals surface area (Å²) in [7, 11) is 0. The Labute approximate surface area is 92.6 Å². The average molecular weight is 232 g/mol. The monoisotopic (exact) mass is 231 g/mol. The van der Waals surface area contributed by atoms with Gasteiger partial charge in [-0.3, -0.25) is 0 Å². The molecule has 2 N–H and O–H groups in total. The molecule has 0 bridgehead atoms. The number of aromatic nitrogens is 2. The standard InChI is InChI=1S/C9H11Cl2N3/c1-4-2-5(3-4)7-6(10)8(12)14-9(11)13-7/h4-5H,2-3H2,1H3,(H2,12,13,14). The number of hydrogen-bond acceptors (Lipinski definition) is 3. The number of nitrogens with two attached hydrogens (primary N) is 1. The first-order valence-corrected chi connectivity index (χ1v) is 5.32. The smallest absolute Gasteiger partial charge is 0.224 e. The molecule has 1 aliphatic rings. The van der Waals surface area contributed by atoms with Gasteiger partial charge in [-0.05, 0) is 30.4 Å². The molecule has 0 atom stereocenters. The highest BCUT2D eigenvalue weighted by Crippen LogP contribution is 2.43. The summed E-state index contributed by atoms with van der Waals surface area (Å²) < 4.78 is 0. The van der Waals surface area contributed by atoms with Crippen LogP contribution in [0.15, 0.2) is 0 Å². The van der Waals surface area contributed by atoms with Crippen molar-refractivity contribution in [2.24, 2.45) is 5.92 Å². The molecule has 1 aromatic rings. The zero-order valence-electron chi connectivity index (χ0n) is 7.80. The molecule has 0 amide bonds. The quantitative estimate of drug-likeness (QED) is 0.757. The summed E-state index contributed by atoms with van der Waals surface area (Å²) in [4.78, 5) is 7.93. The van der Waals surface area contributed by atoms with Gasteiger partial charge in [0.25, 0.3) is 0 Å². The molecule has 76 valence electrons. The summed E-state index contributed by atoms with van der Waals surface area (Å²) in [5.41, 5.74) is 6.41. The van der Waals surface area contributed by atoms with Crippen molar-refractivity contribution in [3.63, 3.8) is 0 Å². The molecule has 1 fully saturated rings. The maximum atomic E-state index is 6.01. The van der Waals surface area contributed by atoms with E-state index < -0.39 is 0 Å². The van der Waals surface area contributed by atoms with Gasteiger partial charge in [0.05, 0.1) is 5.69 Å². The Balaban J connectivity index is 2.33. The number of nitrogens with zero attached hydrogens (tertiary/aromatic N) is 2. The van der Waals surface area contributed by atoms with Crippen LogP contribution in [0, 0.1) is 5.92 Å². The molecule has 0 radical (unpaired) electrons. The summed E-state index contributed by atoms with van der Waals surface area (Å²) in [6.07, 6.45) is 2.21. The van der Waals surface area contributed by atoms with E-state index in [1.54, 1.807) is 0 Å². The van der Waals surface area contributed by atoms with E-state index in [0.29, 0.717) is 10.9 Å². The minimum absolute atomic E-state index is 0.182. The van der Waals surface area contributed by atoms with Crippen molar-refractivity contribution in [2.45, 2.75) is 25.7 Å². The molecule has 1 saturated carbocycles. The molecule has 0 unspecified atom stereocenters. The van der Waals surface area contributed by atoms with Crippen molar-refractivity contribution in [3.8, 4) is 0 Å². The summed E-state index contributed by atoms with van der Waals surface area (Å²) >= 11 is 11.7. The molecule has 14 heavy (non-hydrogen) atoms. The summed E-state index contributed by atoms with van der Waals surface area (Å²) in [6.45, 7) is 2.20. The van der Waals surface area contributed by atoms with Gasteiger partial charge in [-0.1, -0.05) is 18.5 Å².